The van der Waals surface area contributed by atoms with E-state index in [0.29, 0.717) is 24.2 Å². The van der Waals surface area contributed by atoms with Gasteiger partial charge in [0, 0.05) is 17.8 Å². The summed E-state index contributed by atoms with van der Waals surface area (Å²) in [6.07, 6.45) is 4.92. The average Bonchev–Trinajstić information content (AvgIpc) is 3.12. The number of benzene rings is 1. The number of aromatic hydroxyl groups is 1. The highest BCUT2D eigenvalue weighted by atomic mass is 16.4. The molecule has 3 aromatic rings. The molecule has 0 aliphatic rings. The van der Waals surface area contributed by atoms with Crippen molar-refractivity contribution in [3.63, 3.8) is 0 Å². The van der Waals surface area contributed by atoms with Crippen LogP contribution in [0.15, 0.2) is 28.9 Å². The molecular weight excluding hydrogens is 308 g/mol. The molecule has 0 saturated heterocycles. The Kier molecular flexibility index (Phi) is 4.39. The highest BCUT2D eigenvalue weighted by Gasteiger charge is 2.07. The maximum absolute atomic E-state index is 9.67. The summed E-state index contributed by atoms with van der Waals surface area (Å²) in [4.78, 5) is 6.19. The van der Waals surface area contributed by atoms with Crippen molar-refractivity contribution in [2.24, 2.45) is 0 Å². The van der Waals surface area contributed by atoms with Gasteiger partial charge in [0.1, 0.15) is 12.1 Å². The van der Waals surface area contributed by atoms with Crippen molar-refractivity contribution < 1.29 is 9.52 Å². The summed E-state index contributed by atoms with van der Waals surface area (Å²) in [5.41, 5.74) is 1.70. The van der Waals surface area contributed by atoms with E-state index in [2.05, 4.69) is 20.3 Å². The molecule has 0 radical (unpaired) electrons. The Morgan fingerprint density at radius 1 is 1.25 bits per heavy atom. The van der Waals surface area contributed by atoms with Crippen molar-refractivity contribution in [1.82, 2.24) is 29.9 Å². The van der Waals surface area contributed by atoms with Crippen LogP contribution in [0.25, 0.3) is 23.7 Å². The minimum atomic E-state index is 0.191. The number of aromatic nitrogens is 5. The van der Waals surface area contributed by atoms with Gasteiger partial charge in [0.15, 0.2) is 5.82 Å². The lowest BCUT2D eigenvalue weighted by Crippen LogP contribution is -2.10. The molecule has 0 bridgehead atoms. The maximum Gasteiger partial charge on any atom is 0.242 e. The largest absolute Gasteiger partial charge is 0.508 e. The van der Waals surface area contributed by atoms with Gasteiger partial charge >= 0.3 is 0 Å². The zero-order chi connectivity index (χ0) is 17.1. The third kappa shape index (κ3) is 3.85. The third-order valence-electron chi connectivity index (χ3n) is 3.13. The molecule has 2 aromatic heterocycles. The van der Waals surface area contributed by atoms with Crippen molar-refractivity contribution >= 4 is 12.3 Å². The van der Waals surface area contributed by atoms with Gasteiger partial charge in [0.2, 0.25) is 11.8 Å². The van der Waals surface area contributed by atoms with Crippen LogP contribution in [0.2, 0.25) is 0 Å². The van der Waals surface area contributed by atoms with Crippen LogP contribution in [0.3, 0.4) is 0 Å². The van der Waals surface area contributed by atoms with Crippen LogP contribution in [0.1, 0.15) is 17.3 Å². The number of aryl methyl sites for hydroxylation is 1. The van der Waals surface area contributed by atoms with Gasteiger partial charge in [-0.1, -0.05) is 0 Å². The molecule has 0 amide bonds. The van der Waals surface area contributed by atoms with E-state index in [0.717, 1.165) is 11.1 Å². The van der Waals surface area contributed by atoms with Crippen LogP contribution >= 0.6 is 0 Å². The average molecular weight is 326 g/mol. The fraction of sp³-hybridized carbons (Fsp3) is 0.250. The summed E-state index contributed by atoms with van der Waals surface area (Å²) in [7, 11) is 3.86. The summed E-state index contributed by atoms with van der Waals surface area (Å²) in [5.74, 6) is 1.67. The first-order chi connectivity index (χ1) is 11.5. The summed E-state index contributed by atoms with van der Waals surface area (Å²) in [6.45, 7) is 2.49. The zero-order valence-corrected chi connectivity index (χ0v) is 13.7. The molecule has 0 fully saturated rings. The fourth-order valence-corrected chi connectivity index (χ4v) is 2.18. The number of phenols is 1. The van der Waals surface area contributed by atoms with E-state index in [1.54, 1.807) is 35.4 Å². The molecule has 8 heteroatoms. The fourth-order valence-electron chi connectivity index (χ4n) is 2.18. The van der Waals surface area contributed by atoms with E-state index < -0.39 is 0 Å². The number of hydrogen-bond donors (Lipinski definition) is 1. The number of phenolic OH excluding ortho intramolecular Hbond substituents is 1. The molecule has 0 unspecified atom stereocenters. The van der Waals surface area contributed by atoms with Crippen molar-refractivity contribution in [1.29, 1.82) is 0 Å². The van der Waals surface area contributed by atoms with E-state index in [-0.39, 0.29) is 5.75 Å². The van der Waals surface area contributed by atoms with Crippen molar-refractivity contribution in [3.05, 3.63) is 41.9 Å². The van der Waals surface area contributed by atoms with Crippen molar-refractivity contribution in [3.8, 4) is 17.1 Å². The van der Waals surface area contributed by atoms with E-state index >= 15 is 0 Å². The van der Waals surface area contributed by atoms with Gasteiger partial charge in [-0.05, 0) is 44.8 Å². The quantitative estimate of drug-likeness (QED) is 0.766. The second-order valence-electron chi connectivity index (χ2n) is 5.69. The Labute approximate surface area is 139 Å². The molecule has 0 atom stereocenters. The minimum Gasteiger partial charge on any atom is -0.508 e. The zero-order valence-electron chi connectivity index (χ0n) is 13.7. The molecule has 0 aliphatic carbocycles. The molecule has 0 aliphatic heterocycles. The van der Waals surface area contributed by atoms with E-state index in [4.69, 9.17) is 4.42 Å². The molecule has 2 heterocycles. The highest BCUT2D eigenvalue weighted by molar-refractivity contribution is 5.59. The Bertz CT molecular complexity index is 845. The van der Waals surface area contributed by atoms with Crippen molar-refractivity contribution in [2.45, 2.75) is 13.5 Å². The summed E-state index contributed by atoms with van der Waals surface area (Å²) >= 11 is 0. The number of nitrogens with zero attached hydrogens (tertiary/aromatic N) is 6. The monoisotopic (exact) mass is 326 g/mol. The van der Waals surface area contributed by atoms with Crippen LogP contribution < -0.4 is 0 Å². The van der Waals surface area contributed by atoms with Gasteiger partial charge in [-0.2, -0.15) is 0 Å². The first-order valence-electron chi connectivity index (χ1n) is 7.37. The number of hydrogen-bond acceptors (Lipinski definition) is 7. The number of rotatable bonds is 5. The second-order valence-corrected chi connectivity index (χ2v) is 5.69. The van der Waals surface area contributed by atoms with Gasteiger partial charge in [-0.3, -0.25) is 0 Å². The Hall–Kier alpha value is -3.00. The topological polar surface area (TPSA) is 93.1 Å². The first-order valence-corrected chi connectivity index (χ1v) is 7.37. The van der Waals surface area contributed by atoms with Crippen LogP contribution in [0.5, 0.6) is 5.75 Å². The van der Waals surface area contributed by atoms with Gasteiger partial charge in [-0.15, -0.1) is 15.3 Å². The molecule has 1 N–H and O–H groups in total. The summed E-state index contributed by atoms with van der Waals surface area (Å²) < 4.78 is 7.04. The predicted molar refractivity (Wildman–Crippen MR) is 88.8 cm³/mol. The Morgan fingerprint density at radius 2 is 2.08 bits per heavy atom. The highest BCUT2D eigenvalue weighted by Crippen LogP contribution is 2.22. The lowest BCUT2D eigenvalue weighted by Gasteiger charge is -2.03. The molecule has 0 saturated carbocycles. The predicted octanol–water partition coefficient (Wildman–Crippen LogP) is 2.03. The molecule has 8 nitrogen and oxygen atoms in total. The smallest absolute Gasteiger partial charge is 0.242 e. The molecule has 124 valence electrons. The molecule has 0 spiro atoms. The van der Waals surface area contributed by atoms with Crippen molar-refractivity contribution in [2.75, 3.05) is 14.1 Å². The molecule has 3 rings (SSSR count). The van der Waals surface area contributed by atoms with Crippen LogP contribution in [-0.2, 0) is 6.54 Å². The lowest BCUT2D eigenvalue weighted by atomic mass is 10.1. The Balaban J connectivity index is 1.75. The van der Waals surface area contributed by atoms with Crippen LogP contribution in [-0.4, -0.2) is 49.1 Å². The summed E-state index contributed by atoms with van der Waals surface area (Å²) in [5, 5.41) is 21.9. The van der Waals surface area contributed by atoms with Gasteiger partial charge in [0.25, 0.3) is 0 Å². The van der Waals surface area contributed by atoms with E-state index in [9.17, 15) is 5.11 Å². The summed E-state index contributed by atoms with van der Waals surface area (Å²) in [6, 6.07) is 5.22. The van der Waals surface area contributed by atoms with Gasteiger partial charge in [-0.25, -0.2) is 9.67 Å². The molecular formula is C16H18N6O2. The SMILES string of the molecule is Cc1cc(O)cc(-c2ncn(/C=C\c3nnc(CN(C)C)o3)n2)c1. The van der Waals surface area contributed by atoms with Crippen LogP contribution in [0, 0.1) is 6.92 Å². The molecule has 24 heavy (non-hydrogen) atoms. The normalized spacial score (nSPS) is 11.7. The molecule has 1 aromatic carbocycles. The standard InChI is InChI=1S/C16H18N6O2/c1-11-6-12(8-13(23)7-11)16-17-10-22(20-16)5-4-14-18-19-15(24-14)9-21(2)3/h4-8,10,23H,9H2,1-3H3/b5-4-. The van der Waals surface area contributed by atoms with Crippen LogP contribution in [0.4, 0.5) is 0 Å². The Morgan fingerprint density at radius 3 is 2.83 bits per heavy atom. The third-order valence-corrected chi connectivity index (χ3v) is 3.13. The van der Waals surface area contributed by atoms with Gasteiger partial charge in [0.05, 0.1) is 6.54 Å². The second kappa shape index (κ2) is 6.63. The van der Waals surface area contributed by atoms with E-state index in [1.807, 2.05) is 32.0 Å². The minimum absolute atomic E-state index is 0.191. The van der Waals surface area contributed by atoms with Gasteiger partial charge < -0.3 is 14.4 Å². The lowest BCUT2D eigenvalue weighted by molar-refractivity contribution is 0.340. The first kappa shape index (κ1) is 15.9. The maximum atomic E-state index is 9.67. The van der Waals surface area contributed by atoms with E-state index in [1.165, 1.54) is 0 Å².